The Morgan fingerprint density at radius 3 is 2.76 bits per heavy atom. The Kier molecular flexibility index (Phi) is 6.76. The predicted molar refractivity (Wildman–Crippen MR) is 92.8 cm³/mol. The van der Waals surface area contributed by atoms with E-state index in [1.165, 1.54) is 50.6 Å². The van der Waals surface area contributed by atoms with Gasteiger partial charge in [-0.2, -0.15) is 0 Å². The molecule has 118 valence electrons. The van der Waals surface area contributed by atoms with Gasteiger partial charge in [0.15, 0.2) is 0 Å². The van der Waals surface area contributed by atoms with E-state index in [1.807, 2.05) is 0 Å². The first-order valence-electron chi connectivity index (χ1n) is 9.00. The highest BCUT2D eigenvalue weighted by Gasteiger charge is 2.26. The number of benzene rings is 1. The minimum absolute atomic E-state index is 0.750. The van der Waals surface area contributed by atoms with E-state index in [2.05, 4.69) is 50.4 Å². The quantitative estimate of drug-likeness (QED) is 0.730. The van der Waals surface area contributed by atoms with Crippen LogP contribution in [0, 0.1) is 11.8 Å². The molecule has 1 nitrogen and oxygen atoms in total. The summed E-state index contributed by atoms with van der Waals surface area (Å²) in [6.45, 7) is 9.20. The number of aryl methyl sites for hydroxylation is 1. The van der Waals surface area contributed by atoms with Crippen molar-refractivity contribution < 1.29 is 0 Å². The maximum absolute atomic E-state index is 3.69. The monoisotopic (exact) mass is 287 g/mol. The summed E-state index contributed by atoms with van der Waals surface area (Å²) in [4.78, 5) is 0. The SMILES string of the molecule is CCCc1cccc(C2CCCCC2CNCC(C)C)c1. The molecule has 21 heavy (non-hydrogen) atoms. The van der Waals surface area contributed by atoms with Crippen molar-refractivity contribution in [2.75, 3.05) is 13.1 Å². The first-order chi connectivity index (χ1) is 10.2. The number of nitrogens with one attached hydrogen (secondary N) is 1. The number of rotatable bonds is 7. The molecular formula is C20H33N. The summed E-state index contributed by atoms with van der Waals surface area (Å²) in [5, 5.41) is 3.69. The smallest absolute Gasteiger partial charge is 0.00146 e. The molecule has 1 aliphatic carbocycles. The summed E-state index contributed by atoms with van der Waals surface area (Å²) in [5.74, 6) is 2.35. The fraction of sp³-hybridized carbons (Fsp3) is 0.700. The lowest BCUT2D eigenvalue weighted by molar-refractivity contribution is 0.292. The van der Waals surface area contributed by atoms with E-state index in [0.717, 1.165) is 24.3 Å². The standard InChI is InChI=1S/C20H33N/c1-4-8-17-9-7-11-18(13-17)20-12-6-5-10-19(20)15-21-14-16(2)3/h7,9,11,13,16,19-21H,4-6,8,10,12,14-15H2,1-3H3. The number of hydrogen-bond acceptors (Lipinski definition) is 1. The summed E-state index contributed by atoms with van der Waals surface area (Å²) in [6, 6.07) is 9.41. The first kappa shape index (κ1) is 16.5. The molecule has 1 heteroatoms. The van der Waals surface area contributed by atoms with Gasteiger partial charge in [-0.05, 0) is 61.2 Å². The van der Waals surface area contributed by atoms with Crippen molar-refractivity contribution in [1.82, 2.24) is 5.32 Å². The highest BCUT2D eigenvalue weighted by Crippen LogP contribution is 2.37. The van der Waals surface area contributed by atoms with Crippen molar-refractivity contribution in [3.8, 4) is 0 Å². The van der Waals surface area contributed by atoms with Crippen LogP contribution in [0.2, 0.25) is 0 Å². The fourth-order valence-electron chi connectivity index (χ4n) is 3.72. The van der Waals surface area contributed by atoms with E-state index in [9.17, 15) is 0 Å². The zero-order valence-corrected chi connectivity index (χ0v) is 14.2. The molecule has 2 rings (SSSR count). The average Bonchev–Trinajstić information content (AvgIpc) is 2.48. The lowest BCUT2D eigenvalue weighted by atomic mass is 9.75. The Balaban J connectivity index is 2.01. The van der Waals surface area contributed by atoms with E-state index in [-0.39, 0.29) is 0 Å². The van der Waals surface area contributed by atoms with Gasteiger partial charge in [0.2, 0.25) is 0 Å². The molecule has 1 aromatic rings. The predicted octanol–water partition coefficient (Wildman–Crippen LogP) is 5.16. The Morgan fingerprint density at radius 1 is 1.19 bits per heavy atom. The maximum atomic E-state index is 3.69. The summed E-state index contributed by atoms with van der Waals surface area (Å²) in [5.41, 5.74) is 3.12. The average molecular weight is 287 g/mol. The minimum Gasteiger partial charge on any atom is -0.316 e. The second kappa shape index (κ2) is 8.58. The van der Waals surface area contributed by atoms with Crippen LogP contribution in [-0.2, 0) is 6.42 Å². The van der Waals surface area contributed by atoms with Gasteiger partial charge in [-0.3, -0.25) is 0 Å². The van der Waals surface area contributed by atoms with Gasteiger partial charge in [-0.25, -0.2) is 0 Å². The van der Waals surface area contributed by atoms with Gasteiger partial charge in [0.1, 0.15) is 0 Å². The maximum Gasteiger partial charge on any atom is -0.00146 e. The Hall–Kier alpha value is -0.820. The van der Waals surface area contributed by atoms with Crippen molar-refractivity contribution in [2.24, 2.45) is 11.8 Å². The highest BCUT2D eigenvalue weighted by molar-refractivity contribution is 5.27. The third kappa shape index (κ3) is 5.14. The lowest BCUT2D eigenvalue weighted by Crippen LogP contribution is -2.31. The molecule has 0 aromatic heterocycles. The fourth-order valence-corrected chi connectivity index (χ4v) is 3.72. The van der Waals surface area contributed by atoms with Crippen LogP contribution in [0.3, 0.4) is 0 Å². The summed E-state index contributed by atoms with van der Waals surface area (Å²) in [7, 11) is 0. The van der Waals surface area contributed by atoms with Gasteiger partial charge < -0.3 is 5.32 Å². The Labute approximate surface area is 131 Å². The topological polar surface area (TPSA) is 12.0 Å². The second-order valence-electron chi connectivity index (χ2n) is 7.20. The van der Waals surface area contributed by atoms with Crippen molar-refractivity contribution in [3.05, 3.63) is 35.4 Å². The van der Waals surface area contributed by atoms with E-state index in [1.54, 1.807) is 5.56 Å². The van der Waals surface area contributed by atoms with Crippen LogP contribution >= 0.6 is 0 Å². The molecule has 1 saturated carbocycles. The zero-order chi connectivity index (χ0) is 15.1. The van der Waals surface area contributed by atoms with E-state index in [4.69, 9.17) is 0 Å². The zero-order valence-electron chi connectivity index (χ0n) is 14.2. The van der Waals surface area contributed by atoms with Crippen LogP contribution in [0.1, 0.15) is 69.9 Å². The lowest BCUT2D eigenvalue weighted by Gasteiger charge is -2.32. The van der Waals surface area contributed by atoms with Crippen molar-refractivity contribution in [3.63, 3.8) is 0 Å². The van der Waals surface area contributed by atoms with Gasteiger partial charge >= 0.3 is 0 Å². The molecule has 0 aliphatic heterocycles. The Morgan fingerprint density at radius 2 is 2.00 bits per heavy atom. The van der Waals surface area contributed by atoms with Gasteiger partial charge in [-0.15, -0.1) is 0 Å². The van der Waals surface area contributed by atoms with Crippen LogP contribution in [0.25, 0.3) is 0 Å². The van der Waals surface area contributed by atoms with E-state index < -0.39 is 0 Å². The molecule has 0 saturated heterocycles. The normalized spacial score (nSPS) is 22.7. The third-order valence-electron chi connectivity index (χ3n) is 4.79. The van der Waals surface area contributed by atoms with Crippen LogP contribution in [0.5, 0.6) is 0 Å². The van der Waals surface area contributed by atoms with Crippen LogP contribution in [0.15, 0.2) is 24.3 Å². The third-order valence-corrected chi connectivity index (χ3v) is 4.79. The van der Waals surface area contributed by atoms with Gasteiger partial charge in [0, 0.05) is 0 Å². The summed E-state index contributed by atoms with van der Waals surface area (Å²) >= 11 is 0. The molecule has 2 atom stereocenters. The molecule has 1 aliphatic rings. The summed E-state index contributed by atoms with van der Waals surface area (Å²) < 4.78 is 0. The van der Waals surface area contributed by atoms with Crippen LogP contribution in [0.4, 0.5) is 0 Å². The molecular weight excluding hydrogens is 254 g/mol. The molecule has 1 N–H and O–H groups in total. The van der Waals surface area contributed by atoms with Gasteiger partial charge in [-0.1, -0.05) is 64.3 Å². The largest absolute Gasteiger partial charge is 0.316 e. The molecule has 1 aromatic carbocycles. The van der Waals surface area contributed by atoms with E-state index in [0.29, 0.717) is 0 Å². The number of hydrogen-bond donors (Lipinski definition) is 1. The van der Waals surface area contributed by atoms with Crippen LogP contribution < -0.4 is 5.32 Å². The molecule has 1 fully saturated rings. The molecule has 0 heterocycles. The molecule has 0 radical (unpaired) electrons. The molecule has 0 bridgehead atoms. The molecule has 2 unspecified atom stereocenters. The van der Waals surface area contributed by atoms with Crippen LogP contribution in [-0.4, -0.2) is 13.1 Å². The summed E-state index contributed by atoms with van der Waals surface area (Å²) in [6.07, 6.45) is 8.06. The van der Waals surface area contributed by atoms with Crippen molar-refractivity contribution >= 4 is 0 Å². The van der Waals surface area contributed by atoms with Crippen molar-refractivity contribution in [2.45, 2.75) is 65.2 Å². The van der Waals surface area contributed by atoms with Crippen molar-refractivity contribution in [1.29, 1.82) is 0 Å². The van der Waals surface area contributed by atoms with E-state index >= 15 is 0 Å². The van der Waals surface area contributed by atoms with Gasteiger partial charge in [0.25, 0.3) is 0 Å². The second-order valence-corrected chi connectivity index (χ2v) is 7.20. The van der Waals surface area contributed by atoms with Gasteiger partial charge in [0.05, 0.1) is 0 Å². The Bertz CT molecular complexity index is 410. The molecule has 0 spiro atoms. The minimum atomic E-state index is 0.750. The highest BCUT2D eigenvalue weighted by atomic mass is 14.9. The molecule has 0 amide bonds. The first-order valence-corrected chi connectivity index (χ1v) is 9.00.